The topological polar surface area (TPSA) is 74.6 Å². The van der Waals surface area contributed by atoms with Gasteiger partial charge in [-0.2, -0.15) is 0 Å². The molecule has 0 radical (unpaired) electrons. The van der Waals surface area contributed by atoms with E-state index in [4.69, 9.17) is 10.2 Å². The normalized spacial score (nSPS) is 12.1. The molecule has 2 N–H and O–H groups in total. The summed E-state index contributed by atoms with van der Waals surface area (Å²) in [7, 11) is 0. The Labute approximate surface area is 93.5 Å². The van der Waals surface area contributed by atoms with E-state index < -0.39 is 11.9 Å². The Morgan fingerprint density at radius 2 is 1.88 bits per heavy atom. The van der Waals surface area contributed by atoms with Crippen molar-refractivity contribution in [1.29, 1.82) is 0 Å². The van der Waals surface area contributed by atoms with Crippen molar-refractivity contribution in [2.24, 2.45) is 0 Å². The van der Waals surface area contributed by atoms with Crippen LogP contribution in [0.4, 0.5) is 0 Å². The zero-order valence-corrected chi connectivity index (χ0v) is 9.23. The number of carboxylic acids is 2. The van der Waals surface area contributed by atoms with Crippen LogP contribution in [0.1, 0.15) is 52.5 Å². The van der Waals surface area contributed by atoms with Crippen LogP contribution in [0.3, 0.4) is 0 Å². The van der Waals surface area contributed by atoms with Crippen LogP contribution in [0, 0.1) is 0 Å². The van der Waals surface area contributed by atoms with Gasteiger partial charge in [0.15, 0.2) is 0 Å². The Morgan fingerprint density at radius 1 is 1.25 bits per heavy atom. The van der Waals surface area contributed by atoms with Gasteiger partial charge in [0.2, 0.25) is 0 Å². The van der Waals surface area contributed by atoms with Gasteiger partial charge in [0.1, 0.15) is 0 Å². The first-order chi connectivity index (χ1) is 7.47. The molecule has 4 heteroatoms. The number of aromatic carboxylic acids is 2. The minimum Gasteiger partial charge on any atom is -0.478 e. The maximum absolute atomic E-state index is 11.0. The van der Waals surface area contributed by atoms with Gasteiger partial charge in [-0.25, -0.2) is 9.59 Å². The molecule has 0 aliphatic rings. The van der Waals surface area contributed by atoms with Gasteiger partial charge in [-0.3, -0.25) is 0 Å². The lowest BCUT2D eigenvalue weighted by Gasteiger charge is -2.12. The molecule has 0 amide bonds. The summed E-state index contributed by atoms with van der Waals surface area (Å²) in [5, 5.41) is 17.8. The molecule has 0 heterocycles. The fourth-order valence-corrected chi connectivity index (χ4v) is 1.52. The van der Waals surface area contributed by atoms with Crippen LogP contribution < -0.4 is 0 Å². The van der Waals surface area contributed by atoms with Gasteiger partial charge in [-0.05, 0) is 30.0 Å². The van der Waals surface area contributed by atoms with Crippen molar-refractivity contribution in [1.82, 2.24) is 0 Å². The zero-order valence-electron chi connectivity index (χ0n) is 9.23. The highest BCUT2D eigenvalue weighted by atomic mass is 16.4. The Kier molecular flexibility index (Phi) is 3.66. The Hall–Kier alpha value is -1.84. The highest BCUT2D eigenvalue weighted by molar-refractivity contribution is 5.95. The molecule has 0 aliphatic heterocycles. The predicted molar refractivity (Wildman–Crippen MR) is 59.1 cm³/mol. The molecular formula is C12H14O4. The third kappa shape index (κ3) is 2.39. The van der Waals surface area contributed by atoms with Crippen LogP contribution in [0.15, 0.2) is 18.2 Å². The molecule has 0 spiro atoms. The van der Waals surface area contributed by atoms with Gasteiger partial charge in [0, 0.05) is 0 Å². The first-order valence-electron chi connectivity index (χ1n) is 5.07. The highest BCUT2D eigenvalue weighted by Crippen LogP contribution is 2.24. The van der Waals surface area contributed by atoms with E-state index in [2.05, 4.69) is 0 Å². The minimum atomic E-state index is -1.11. The van der Waals surface area contributed by atoms with Crippen molar-refractivity contribution in [3.05, 3.63) is 34.9 Å². The number of hydrogen-bond donors (Lipinski definition) is 2. The first-order valence-corrected chi connectivity index (χ1v) is 5.07. The van der Waals surface area contributed by atoms with Crippen LogP contribution in [0.25, 0.3) is 0 Å². The average Bonchev–Trinajstić information content (AvgIpc) is 2.26. The van der Waals surface area contributed by atoms with Crippen molar-refractivity contribution in [2.75, 3.05) is 0 Å². The Balaban J connectivity index is 3.30. The number of carbonyl (C=O) groups is 2. The van der Waals surface area contributed by atoms with Gasteiger partial charge < -0.3 is 10.2 Å². The summed E-state index contributed by atoms with van der Waals surface area (Å²) in [5.74, 6) is -2.09. The molecule has 0 bridgehead atoms. The molecule has 1 rings (SSSR count). The molecule has 0 saturated carbocycles. The summed E-state index contributed by atoms with van der Waals surface area (Å²) in [6.45, 7) is 3.88. The maximum atomic E-state index is 11.0. The summed E-state index contributed by atoms with van der Waals surface area (Å²) >= 11 is 0. The lowest BCUT2D eigenvalue weighted by atomic mass is 9.92. The van der Waals surface area contributed by atoms with E-state index in [0.29, 0.717) is 5.56 Å². The van der Waals surface area contributed by atoms with E-state index in [9.17, 15) is 9.59 Å². The molecular weight excluding hydrogens is 208 g/mol. The number of hydrogen-bond acceptors (Lipinski definition) is 2. The van der Waals surface area contributed by atoms with Crippen LogP contribution in [-0.2, 0) is 0 Å². The van der Waals surface area contributed by atoms with Crippen LogP contribution in [-0.4, -0.2) is 22.2 Å². The standard InChI is InChI=1S/C12H14O4/c1-3-7(2)9-5-4-8(11(13)14)6-10(9)12(15)16/h4-7H,3H2,1-2H3,(H,13,14)(H,15,16). The molecule has 1 unspecified atom stereocenters. The van der Waals surface area contributed by atoms with Crippen LogP contribution >= 0.6 is 0 Å². The number of carboxylic acid groups (broad SMARTS) is 2. The summed E-state index contributed by atoms with van der Waals surface area (Å²) in [5.41, 5.74) is 0.763. The van der Waals surface area contributed by atoms with Crippen molar-refractivity contribution in [3.63, 3.8) is 0 Å². The molecule has 0 aromatic heterocycles. The second-order valence-corrected chi connectivity index (χ2v) is 3.72. The summed E-state index contributed by atoms with van der Waals surface area (Å²) in [6, 6.07) is 4.24. The fourth-order valence-electron chi connectivity index (χ4n) is 1.52. The van der Waals surface area contributed by atoms with Gasteiger partial charge >= 0.3 is 11.9 Å². The molecule has 0 saturated heterocycles. The van der Waals surface area contributed by atoms with Crippen molar-refractivity contribution in [3.8, 4) is 0 Å². The van der Waals surface area contributed by atoms with Gasteiger partial charge in [-0.1, -0.05) is 19.9 Å². The molecule has 4 nitrogen and oxygen atoms in total. The van der Waals surface area contributed by atoms with Gasteiger partial charge in [0.25, 0.3) is 0 Å². The fraction of sp³-hybridized carbons (Fsp3) is 0.333. The van der Waals surface area contributed by atoms with E-state index in [1.54, 1.807) is 6.07 Å². The minimum absolute atomic E-state index is 0.00412. The Morgan fingerprint density at radius 3 is 2.31 bits per heavy atom. The maximum Gasteiger partial charge on any atom is 0.335 e. The summed E-state index contributed by atoms with van der Waals surface area (Å²) in [4.78, 5) is 21.8. The lowest BCUT2D eigenvalue weighted by molar-refractivity contribution is 0.0695. The third-order valence-electron chi connectivity index (χ3n) is 2.67. The molecule has 16 heavy (non-hydrogen) atoms. The molecule has 0 aliphatic carbocycles. The Bertz CT molecular complexity index is 423. The third-order valence-corrected chi connectivity index (χ3v) is 2.67. The number of rotatable bonds is 4. The highest BCUT2D eigenvalue weighted by Gasteiger charge is 2.16. The second kappa shape index (κ2) is 4.79. The summed E-state index contributed by atoms with van der Waals surface area (Å²) < 4.78 is 0. The zero-order chi connectivity index (χ0) is 12.3. The van der Waals surface area contributed by atoms with Gasteiger partial charge in [-0.15, -0.1) is 0 Å². The molecule has 1 aromatic carbocycles. The van der Waals surface area contributed by atoms with E-state index >= 15 is 0 Å². The smallest absolute Gasteiger partial charge is 0.335 e. The first kappa shape index (κ1) is 12.2. The molecule has 1 atom stereocenters. The van der Waals surface area contributed by atoms with Crippen molar-refractivity contribution >= 4 is 11.9 Å². The predicted octanol–water partition coefficient (Wildman–Crippen LogP) is 2.60. The van der Waals surface area contributed by atoms with E-state index in [1.807, 2.05) is 13.8 Å². The van der Waals surface area contributed by atoms with E-state index in [0.717, 1.165) is 6.42 Å². The number of benzene rings is 1. The van der Waals surface area contributed by atoms with Crippen LogP contribution in [0.5, 0.6) is 0 Å². The SMILES string of the molecule is CCC(C)c1ccc(C(=O)O)cc1C(=O)O. The largest absolute Gasteiger partial charge is 0.478 e. The lowest BCUT2D eigenvalue weighted by Crippen LogP contribution is -2.08. The second-order valence-electron chi connectivity index (χ2n) is 3.72. The summed E-state index contributed by atoms with van der Waals surface area (Å²) in [6.07, 6.45) is 0.812. The van der Waals surface area contributed by atoms with Crippen molar-refractivity contribution in [2.45, 2.75) is 26.2 Å². The molecule has 0 fully saturated rings. The van der Waals surface area contributed by atoms with E-state index in [1.165, 1.54) is 12.1 Å². The van der Waals surface area contributed by atoms with Crippen molar-refractivity contribution < 1.29 is 19.8 Å². The molecule has 86 valence electrons. The quantitative estimate of drug-likeness (QED) is 0.821. The van der Waals surface area contributed by atoms with Gasteiger partial charge in [0.05, 0.1) is 11.1 Å². The monoisotopic (exact) mass is 222 g/mol. The van der Waals surface area contributed by atoms with E-state index in [-0.39, 0.29) is 17.0 Å². The van der Waals surface area contributed by atoms with Crippen LogP contribution in [0.2, 0.25) is 0 Å². The molecule has 1 aromatic rings. The average molecular weight is 222 g/mol.